The summed E-state index contributed by atoms with van der Waals surface area (Å²) in [4.78, 5) is 9.86. The third-order valence-electron chi connectivity index (χ3n) is 5.72. The summed E-state index contributed by atoms with van der Waals surface area (Å²) in [5.74, 6) is -0.348. The number of unbranched alkanes of at least 4 members (excludes halogenated alkanes) is 1. The van der Waals surface area contributed by atoms with E-state index in [1.165, 1.54) is 0 Å². The van der Waals surface area contributed by atoms with Gasteiger partial charge in [-0.15, -0.1) is 34.8 Å². The van der Waals surface area contributed by atoms with Crippen molar-refractivity contribution in [1.29, 1.82) is 0 Å². The van der Waals surface area contributed by atoms with Gasteiger partial charge in [-0.3, -0.25) is 4.79 Å². The van der Waals surface area contributed by atoms with Crippen molar-refractivity contribution in [3.05, 3.63) is 10.1 Å². The van der Waals surface area contributed by atoms with Crippen molar-refractivity contribution >= 4 is 87.2 Å². The molecule has 5 atom stereocenters. The minimum atomic E-state index is -1.54. The Morgan fingerprint density at radius 2 is 1.60 bits per heavy atom. The summed E-state index contributed by atoms with van der Waals surface area (Å²) in [5.41, 5.74) is 0. The molecular formula is C16H17Cl7O2. The van der Waals surface area contributed by atoms with E-state index in [9.17, 15) is 4.79 Å². The zero-order chi connectivity index (χ0) is 18.6. The predicted molar refractivity (Wildman–Crippen MR) is 106 cm³/mol. The SMILES string of the molecule is O=C(OCCCCCl)[C@@H]1CC[C@@H]2[C@@H](C1)[C@]1(Cl)C(Cl)=C(Cl)[C@]2(Cl)C1(Cl)Cl. The molecule has 0 aromatic carbocycles. The van der Waals surface area contributed by atoms with Crippen molar-refractivity contribution in [2.75, 3.05) is 12.5 Å². The first-order chi connectivity index (χ1) is 11.6. The van der Waals surface area contributed by atoms with Crippen LogP contribution in [0.4, 0.5) is 0 Å². The lowest BCUT2D eigenvalue weighted by atomic mass is 9.69. The molecule has 0 aromatic rings. The average molecular weight is 489 g/mol. The summed E-state index contributed by atoms with van der Waals surface area (Å²) in [6.45, 7) is 0.364. The fourth-order valence-electron chi connectivity index (χ4n) is 4.44. The summed E-state index contributed by atoms with van der Waals surface area (Å²) in [5, 5.41) is 0.410. The monoisotopic (exact) mass is 486 g/mol. The number of halogens is 7. The number of carbonyl (C=O) groups is 1. The van der Waals surface area contributed by atoms with Crippen LogP contribution in [0.15, 0.2) is 10.1 Å². The lowest BCUT2D eigenvalue weighted by molar-refractivity contribution is -0.150. The Morgan fingerprint density at radius 1 is 1.00 bits per heavy atom. The number of esters is 1. The first-order valence-corrected chi connectivity index (χ1v) is 11.0. The van der Waals surface area contributed by atoms with Gasteiger partial charge >= 0.3 is 5.97 Å². The molecule has 3 aliphatic rings. The van der Waals surface area contributed by atoms with Crippen LogP contribution in [-0.4, -0.2) is 32.5 Å². The van der Waals surface area contributed by atoms with Crippen molar-refractivity contribution in [1.82, 2.24) is 0 Å². The van der Waals surface area contributed by atoms with Gasteiger partial charge in [-0.05, 0) is 43.9 Å². The fraction of sp³-hybridized carbons (Fsp3) is 0.812. The first kappa shape index (κ1) is 21.0. The van der Waals surface area contributed by atoms with Crippen LogP contribution < -0.4 is 0 Å². The highest BCUT2D eigenvalue weighted by molar-refractivity contribution is 6.65. The van der Waals surface area contributed by atoms with E-state index in [2.05, 4.69) is 0 Å². The quantitative estimate of drug-likeness (QED) is 0.253. The molecule has 2 fully saturated rings. The number of rotatable bonds is 5. The van der Waals surface area contributed by atoms with Gasteiger partial charge in [-0.2, -0.15) is 0 Å². The molecule has 0 unspecified atom stereocenters. The molecule has 0 aliphatic heterocycles. The number of ether oxygens (including phenoxy) is 1. The second-order valence-electron chi connectivity index (χ2n) is 6.91. The molecule has 0 N–H and O–H groups in total. The largest absolute Gasteiger partial charge is 0.465 e. The molecule has 0 saturated heterocycles. The van der Waals surface area contributed by atoms with Gasteiger partial charge in [0.2, 0.25) is 0 Å². The number of fused-ring (bicyclic) bond motifs is 5. The van der Waals surface area contributed by atoms with Gasteiger partial charge in [0.25, 0.3) is 0 Å². The molecule has 0 heterocycles. The van der Waals surface area contributed by atoms with E-state index in [1.54, 1.807) is 0 Å². The Kier molecular flexibility index (Phi) is 6.08. The maximum absolute atomic E-state index is 12.4. The van der Waals surface area contributed by atoms with Crippen LogP contribution >= 0.6 is 81.2 Å². The Bertz CT molecular complexity index is 607. The minimum Gasteiger partial charge on any atom is -0.465 e. The van der Waals surface area contributed by atoms with Crippen molar-refractivity contribution in [2.24, 2.45) is 17.8 Å². The molecule has 25 heavy (non-hydrogen) atoms. The number of hydrogen-bond donors (Lipinski definition) is 0. The molecule has 142 valence electrons. The number of allylic oxidation sites excluding steroid dienone is 2. The van der Waals surface area contributed by atoms with Gasteiger partial charge in [-0.25, -0.2) is 0 Å². The number of hydrogen-bond acceptors (Lipinski definition) is 2. The Labute approximate surface area is 182 Å². The molecule has 0 radical (unpaired) electrons. The van der Waals surface area contributed by atoms with E-state index in [0.717, 1.165) is 12.8 Å². The third kappa shape index (κ3) is 2.76. The molecular weight excluding hydrogens is 472 g/mol. The third-order valence-corrected chi connectivity index (χ3v) is 10.3. The summed E-state index contributed by atoms with van der Waals surface area (Å²) in [6.07, 6.45) is 3.28. The van der Waals surface area contributed by atoms with Crippen LogP contribution in [0, 0.1) is 17.8 Å². The van der Waals surface area contributed by atoms with Crippen molar-refractivity contribution in [2.45, 2.75) is 46.2 Å². The van der Waals surface area contributed by atoms with E-state index in [4.69, 9.17) is 85.9 Å². The Balaban J connectivity index is 1.78. The van der Waals surface area contributed by atoms with Gasteiger partial charge in [0.15, 0.2) is 4.33 Å². The zero-order valence-electron chi connectivity index (χ0n) is 13.1. The molecule has 3 aliphatic carbocycles. The van der Waals surface area contributed by atoms with E-state index >= 15 is 0 Å². The molecule has 0 spiro atoms. The summed E-state index contributed by atoms with van der Waals surface area (Å²) < 4.78 is 3.82. The first-order valence-electron chi connectivity index (χ1n) is 8.18. The fourth-order valence-corrected chi connectivity index (χ4v) is 7.76. The highest BCUT2D eigenvalue weighted by Gasteiger charge is 2.82. The lowest BCUT2D eigenvalue weighted by Crippen LogP contribution is -2.44. The average Bonchev–Trinajstić information content (AvgIpc) is 2.79. The maximum atomic E-state index is 12.4. The smallest absolute Gasteiger partial charge is 0.308 e. The molecule has 2 nitrogen and oxygen atoms in total. The van der Waals surface area contributed by atoms with E-state index in [0.29, 0.717) is 31.7 Å². The standard InChI is InChI=1S/C16H17Cl7O2/c17-5-1-2-6-25-13(24)8-3-4-9-10(7-8)15(21)12(19)11(18)14(9,20)16(15,22)23/h8-10H,1-7H2/t8-,9-,10-,14+,15+/m1/s1. The van der Waals surface area contributed by atoms with Gasteiger partial charge in [0.05, 0.1) is 22.6 Å². The van der Waals surface area contributed by atoms with Crippen molar-refractivity contribution < 1.29 is 9.53 Å². The lowest BCUT2D eigenvalue weighted by Gasteiger charge is -2.42. The van der Waals surface area contributed by atoms with Crippen LogP contribution in [0.2, 0.25) is 0 Å². The van der Waals surface area contributed by atoms with E-state index < -0.39 is 14.1 Å². The highest BCUT2D eigenvalue weighted by atomic mass is 35.5. The van der Waals surface area contributed by atoms with Crippen molar-refractivity contribution in [3.8, 4) is 0 Å². The van der Waals surface area contributed by atoms with Gasteiger partial charge < -0.3 is 4.74 Å². The molecule has 0 aromatic heterocycles. The van der Waals surface area contributed by atoms with Gasteiger partial charge in [-0.1, -0.05) is 46.4 Å². The van der Waals surface area contributed by atoms with Crippen LogP contribution in [0.3, 0.4) is 0 Å². The predicted octanol–water partition coefficient (Wildman–Crippen LogP) is 6.43. The van der Waals surface area contributed by atoms with Gasteiger partial charge in [0.1, 0.15) is 9.75 Å². The molecule has 2 saturated carbocycles. The van der Waals surface area contributed by atoms with Crippen LogP contribution in [0.25, 0.3) is 0 Å². The summed E-state index contributed by atoms with van der Waals surface area (Å²) in [6, 6.07) is 0. The normalized spacial score (nSPS) is 41.8. The van der Waals surface area contributed by atoms with E-state index in [1.807, 2.05) is 0 Å². The molecule has 9 heteroatoms. The molecule has 0 amide bonds. The highest BCUT2D eigenvalue weighted by Crippen LogP contribution is 2.78. The molecule has 2 bridgehead atoms. The summed E-state index contributed by atoms with van der Waals surface area (Å²) >= 11 is 45.1. The molecule has 3 rings (SSSR count). The van der Waals surface area contributed by atoms with Gasteiger partial charge in [0, 0.05) is 5.88 Å². The summed E-state index contributed by atoms with van der Waals surface area (Å²) in [7, 11) is 0. The van der Waals surface area contributed by atoms with Crippen LogP contribution in [0.5, 0.6) is 0 Å². The van der Waals surface area contributed by atoms with E-state index in [-0.39, 0.29) is 33.8 Å². The Hall–Kier alpha value is 1.24. The Morgan fingerprint density at radius 3 is 2.20 bits per heavy atom. The maximum Gasteiger partial charge on any atom is 0.308 e. The van der Waals surface area contributed by atoms with Crippen LogP contribution in [-0.2, 0) is 9.53 Å². The topological polar surface area (TPSA) is 26.3 Å². The second-order valence-corrected chi connectivity index (χ2v) is 10.6. The minimum absolute atomic E-state index is 0.142. The number of carbonyl (C=O) groups excluding carboxylic acids is 1. The second kappa shape index (κ2) is 7.25. The van der Waals surface area contributed by atoms with Crippen molar-refractivity contribution in [3.63, 3.8) is 0 Å². The van der Waals surface area contributed by atoms with Crippen LogP contribution in [0.1, 0.15) is 32.1 Å². The number of alkyl halides is 5. The zero-order valence-corrected chi connectivity index (χ0v) is 18.4.